The first-order valence-electron chi connectivity index (χ1n) is 5.27. The highest BCUT2D eigenvalue weighted by Gasteiger charge is 2.12. The number of nitrogens with two attached hydrogens (primary N) is 1. The molecule has 0 spiro atoms. The van der Waals surface area contributed by atoms with Crippen LogP contribution in [0, 0.1) is 0 Å². The van der Waals surface area contributed by atoms with Gasteiger partial charge in [-0.05, 0) is 19.4 Å². The second-order valence-electron chi connectivity index (χ2n) is 3.23. The first kappa shape index (κ1) is 11.7. The summed E-state index contributed by atoms with van der Waals surface area (Å²) in [6, 6.07) is 1.83. The molecule has 0 aliphatic carbocycles. The van der Waals surface area contributed by atoms with Gasteiger partial charge in [0, 0.05) is 19.6 Å². The summed E-state index contributed by atoms with van der Waals surface area (Å²) in [5.41, 5.74) is 6.87. The summed E-state index contributed by atoms with van der Waals surface area (Å²) in [6.45, 7) is 5.63. The molecule has 5 heteroatoms. The highest BCUT2D eigenvalue weighted by Crippen LogP contribution is 2.05. The van der Waals surface area contributed by atoms with Crippen LogP contribution in [0.4, 0.5) is 0 Å². The monoisotopic (exact) mass is 210 g/mol. The predicted octanol–water partition coefficient (Wildman–Crippen LogP) is 0.154. The van der Waals surface area contributed by atoms with Crippen LogP contribution in [0.5, 0.6) is 0 Å². The Morgan fingerprint density at radius 2 is 2.33 bits per heavy atom. The molecule has 84 valence electrons. The van der Waals surface area contributed by atoms with Gasteiger partial charge in [-0.25, -0.2) is 0 Å². The SMILES string of the molecule is CCc1cc(C(=O)NCCN)n(CC)n1. The van der Waals surface area contributed by atoms with E-state index in [1.54, 1.807) is 4.68 Å². The Labute approximate surface area is 89.6 Å². The summed E-state index contributed by atoms with van der Waals surface area (Å²) >= 11 is 0. The van der Waals surface area contributed by atoms with Crippen molar-refractivity contribution in [2.75, 3.05) is 13.1 Å². The summed E-state index contributed by atoms with van der Waals surface area (Å²) in [6.07, 6.45) is 0.837. The van der Waals surface area contributed by atoms with Crippen molar-refractivity contribution >= 4 is 5.91 Å². The van der Waals surface area contributed by atoms with E-state index in [9.17, 15) is 4.79 Å². The number of nitrogens with one attached hydrogen (secondary N) is 1. The molecule has 0 bridgehead atoms. The number of rotatable bonds is 5. The van der Waals surface area contributed by atoms with Crippen LogP contribution >= 0.6 is 0 Å². The van der Waals surface area contributed by atoms with Crippen LogP contribution in [0.25, 0.3) is 0 Å². The lowest BCUT2D eigenvalue weighted by Gasteiger charge is -2.04. The molecule has 1 heterocycles. The maximum Gasteiger partial charge on any atom is 0.269 e. The molecule has 0 radical (unpaired) electrons. The molecule has 5 nitrogen and oxygen atoms in total. The van der Waals surface area contributed by atoms with Gasteiger partial charge in [-0.1, -0.05) is 6.92 Å². The molecule has 0 aliphatic heterocycles. The largest absolute Gasteiger partial charge is 0.349 e. The fourth-order valence-electron chi connectivity index (χ4n) is 1.34. The molecule has 0 unspecified atom stereocenters. The van der Waals surface area contributed by atoms with Gasteiger partial charge in [0.05, 0.1) is 5.69 Å². The maximum atomic E-state index is 11.7. The van der Waals surface area contributed by atoms with E-state index in [1.807, 2.05) is 19.9 Å². The van der Waals surface area contributed by atoms with E-state index in [4.69, 9.17) is 5.73 Å². The number of aromatic nitrogens is 2. The Kier molecular flexibility index (Phi) is 4.30. The van der Waals surface area contributed by atoms with Crippen LogP contribution in [0.1, 0.15) is 30.0 Å². The minimum atomic E-state index is -0.102. The van der Waals surface area contributed by atoms with Crippen molar-refractivity contribution in [3.05, 3.63) is 17.5 Å². The molecule has 0 saturated heterocycles. The van der Waals surface area contributed by atoms with E-state index >= 15 is 0 Å². The van der Waals surface area contributed by atoms with Crippen molar-refractivity contribution in [1.29, 1.82) is 0 Å². The van der Waals surface area contributed by atoms with Crippen molar-refractivity contribution in [2.45, 2.75) is 26.8 Å². The first-order valence-corrected chi connectivity index (χ1v) is 5.27. The van der Waals surface area contributed by atoms with E-state index in [0.29, 0.717) is 25.3 Å². The lowest BCUT2D eigenvalue weighted by molar-refractivity contribution is 0.0944. The zero-order valence-corrected chi connectivity index (χ0v) is 9.29. The Morgan fingerprint density at radius 1 is 1.60 bits per heavy atom. The third kappa shape index (κ3) is 2.79. The van der Waals surface area contributed by atoms with Gasteiger partial charge in [-0.15, -0.1) is 0 Å². The highest BCUT2D eigenvalue weighted by molar-refractivity contribution is 5.92. The van der Waals surface area contributed by atoms with Crippen molar-refractivity contribution in [3.8, 4) is 0 Å². The van der Waals surface area contributed by atoms with Crippen LogP contribution in [-0.2, 0) is 13.0 Å². The molecular formula is C10H18N4O. The Hall–Kier alpha value is -1.36. The van der Waals surface area contributed by atoms with E-state index in [2.05, 4.69) is 10.4 Å². The van der Waals surface area contributed by atoms with E-state index in [-0.39, 0.29) is 5.91 Å². The van der Waals surface area contributed by atoms with E-state index < -0.39 is 0 Å². The number of amides is 1. The van der Waals surface area contributed by atoms with Gasteiger partial charge in [-0.2, -0.15) is 5.10 Å². The smallest absolute Gasteiger partial charge is 0.269 e. The number of hydrogen-bond donors (Lipinski definition) is 2. The lowest BCUT2D eigenvalue weighted by Crippen LogP contribution is -2.30. The summed E-state index contributed by atoms with van der Waals surface area (Å²) in [4.78, 5) is 11.7. The van der Waals surface area contributed by atoms with Crippen LogP contribution in [-0.4, -0.2) is 28.8 Å². The topological polar surface area (TPSA) is 72.9 Å². The van der Waals surface area contributed by atoms with Crippen molar-refractivity contribution in [2.24, 2.45) is 5.73 Å². The van der Waals surface area contributed by atoms with Gasteiger partial charge in [-0.3, -0.25) is 9.48 Å². The number of carbonyl (C=O) groups is 1. The highest BCUT2D eigenvalue weighted by atomic mass is 16.2. The first-order chi connectivity index (χ1) is 7.22. The number of carbonyl (C=O) groups excluding carboxylic acids is 1. The molecular weight excluding hydrogens is 192 g/mol. The molecule has 0 fully saturated rings. The minimum Gasteiger partial charge on any atom is -0.349 e. The van der Waals surface area contributed by atoms with Gasteiger partial charge in [0.2, 0.25) is 0 Å². The second-order valence-corrected chi connectivity index (χ2v) is 3.23. The summed E-state index contributed by atoms with van der Waals surface area (Å²) in [5, 5.41) is 7.04. The van der Waals surface area contributed by atoms with Crippen LogP contribution in [0.3, 0.4) is 0 Å². The predicted molar refractivity (Wildman–Crippen MR) is 58.7 cm³/mol. The number of hydrogen-bond acceptors (Lipinski definition) is 3. The molecule has 0 atom stereocenters. The molecule has 0 aromatic carbocycles. The standard InChI is InChI=1S/C10H18N4O/c1-3-8-7-9(14(4-2)13-8)10(15)12-6-5-11/h7H,3-6,11H2,1-2H3,(H,12,15). The molecule has 3 N–H and O–H groups in total. The van der Waals surface area contributed by atoms with Crippen LogP contribution in [0.15, 0.2) is 6.07 Å². The van der Waals surface area contributed by atoms with Gasteiger partial charge < -0.3 is 11.1 Å². The van der Waals surface area contributed by atoms with Gasteiger partial charge in [0.25, 0.3) is 5.91 Å². The van der Waals surface area contributed by atoms with Crippen molar-refractivity contribution in [1.82, 2.24) is 15.1 Å². The lowest BCUT2D eigenvalue weighted by atomic mass is 10.3. The molecule has 1 aromatic rings. The van der Waals surface area contributed by atoms with E-state index in [0.717, 1.165) is 12.1 Å². The van der Waals surface area contributed by atoms with Gasteiger partial charge in [0.1, 0.15) is 5.69 Å². The van der Waals surface area contributed by atoms with Crippen molar-refractivity contribution in [3.63, 3.8) is 0 Å². The average molecular weight is 210 g/mol. The molecule has 1 aromatic heterocycles. The van der Waals surface area contributed by atoms with Crippen molar-refractivity contribution < 1.29 is 4.79 Å². The summed E-state index contributed by atoms with van der Waals surface area (Å²) < 4.78 is 1.71. The fourth-order valence-corrected chi connectivity index (χ4v) is 1.34. The normalized spacial score (nSPS) is 10.3. The Morgan fingerprint density at radius 3 is 2.87 bits per heavy atom. The quantitative estimate of drug-likeness (QED) is 0.726. The molecule has 0 saturated carbocycles. The summed E-state index contributed by atoms with van der Waals surface area (Å²) in [5.74, 6) is -0.102. The second kappa shape index (κ2) is 5.50. The average Bonchev–Trinajstić information content (AvgIpc) is 2.69. The summed E-state index contributed by atoms with van der Waals surface area (Å²) in [7, 11) is 0. The van der Waals surface area contributed by atoms with Crippen LogP contribution < -0.4 is 11.1 Å². The molecule has 1 amide bonds. The van der Waals surface area contributed by atoms with Gasteiger partial charge in [0.15, 0.2) is 0 Å². The fraction of sp³-hybridized carbons (Fsp3) is 0.600. The van der Waals surface area contributed by atoms with Gasteiger partial charge >= 0.3 is 0 Å². The maximum absolute atomic E-state index is 11.7. The minimum absolute atomic E-state index is 0.102. The third-order valence-electron chi connectivity index (χ3n) is 2.15. The Balaban J connectivity index is 2.81. The number of aryl methyl sites for hydroxylation is 2. The molecule has 15 heavy (non-hydrogen) atoms. The van der Waals surface area contributed by atoms with E-state index in [1.165, 1.54) is 0 Å². The molecule has 0 aliphatic rings. The third-order valence-corrected chi connectivity index (χ3v) is 2.15. The number of nitrogens with zero attached hydrogens (tertiary/aromatic N) is 2. The zero-order chi connectivity index (χ0) is 11.3. The van der Waals surface area contributed by atoms with Crippen LogP contribution in [0.2, 0.25) is 0 Å². The molecule has 1 rings (SSSR count). The Bertz CT molecular complexity index is 332. The zero-order valence-electron chi connectivity index (χ0n) is 9.29.